The van der Waals surface area contributed by atoms with E-state index < -0.39 is 35.6 Å². The van der Waals surface area contributed by atoms with Crippen LogP contribution in [0.25, 0.3) is 65.3 Å². The first-order chi connectivity index (χ1) is 21.0. The van der Waals surface area contributed by atoms with Crippen LogP contribution < -0.4 is 0 Å². The number of hydrogen-bond donors (Lipinski definition) is 2. The summed E-state index contributed by atoms with van der Waals surface area (Å²) in [5.41, 5.74) is 6.19. The molecule has 7 aromatic carbocycles. The second-order valence-corrected chi connectivity index (χ2v) is 12.1. The van der Waals surface area contributed by atoms with E-state index in [-0.39, 0.29) is 0 Å². The highest BCUT2D eigenvalue weighted by molar-refractivity contribution is 6.38. The van der Waals surface area contributed by atoms with Gasteiger partial charge in [0.1, 0.15) is 0 Å². The van der Waals surface area contributed by atoms with Crippen molar-refractivity contribution >= 4 is 55.0 Å². The molecule has 0 amide bonds. The van der Waals surface area contributed by atoms with Crippen molar-refractivity contribution in [2.45, 2.75) is 18.3 Å². The molecular formula is C39H26O4. The van der Waals surface area contributed by atoms with Crippen molar-refractivity contribution in [1.82, 2.24) is 0 Å². The van der Waals surface area contributed by atoms with E-state index >= 15 is 0 Å². The molecule has 0 unspecified atom stereocenters. The van der Waals surface area contributed by atoms with E-state index in [0.717, 1.165) is 54.9 Å². The van der Waals surface area contributed by atoms with E-state index in [4.69, 9.17) is 0 Å². The molecule has 0 aromatic heterocycles. The quantitative estimate of drug-likeness (QED) is 0.167. The maximum absolute atomic E-state index is 12.8. The Bertz CT molecular complexity index is 2120. The first-order valence-corrected chi connectivity index (χ1v) is 14.8. The molecular weight excluding hydrogens is 532 g/mol. The van der Waals surface area contributed by atoms with Crippen LogP contribution in [0.3, 0.4) is 0 Å². The lowest BCUT2D eigenvalue weighted by Crippen LogP contribution is -2.34. The Morgan fingerprint density at radius 2 is 0.907 bits per heavy atom. The number of rotatable bonds is 4. The maximum Gasteiger partial charge on any atom is 0.308 e. The van der Waals surface area contributed by atoms with E-state index in [1.165, 1.54) is 21.5 Å². The van der Waals surface area contributed by atoms with Crippen molar-refractivity contribution in [3.05, 3.63) is 120 Å². The van der Waals surface area contributed by atoms with Gasteiger partial charge >= 0.3 is 11.9 Å². The van der Waals surface area contributed by atoms with Gasteiger partial charge in [-0.1, -0.05) is 109 Å². The highest BCUT2D eigenvalue weighted by atomic mass is 16.4. The summed E-state index contributed by atoms with van der Waals surface area (Å²) in [6.45, 7) is 0. The van der Waals surface area contributed by atoms with Crippen LogP contribution in [-0.4, -0.2) is 22.2 Å². The molecule has 9 rings (SSSR count). The van der Waals surface area contributed by atoms with E-state index in [2.05, 4.69) is 72.8 Å². The van der Waals surface area contributed by atoms with Crippen molar-refractivity contribution in [3.8, 4) is 22.3 Å². The lowest BCUT2D eigenvalue weighted by molar-refractivity contribution is -0.153. The molecule has 2 N–H and O–H groups in total. The van der Waals surface area contributed by atoms with E-state index in [9.17, 15) is 19.8 Å². The minimum absolute atomic E-state index is 0.395. The lowest BCUT2D eigenvalue weighted by atomic mass is 9.69. The van der Waals surface area contributed by atoms with Gasteiger partial charge in [0.05, 0.1) is 11.8 Å². The van der Waals surface area contributed by atoms with Crippen LogP contribution >= 0.6 is 0 Å². The van der Waals surface area contributed by atoms with Crippen LogP contribution in [0.4, 0.5) is 0 Å². The van der Waals surface area contributed by atoms with Crippen molar-refractivity contribution in [3.63, 3.8) is 0 Å². The molecule has 0 saturated heterocycles. The first-order valence-electron chi connectivity index (χ1n) is 14.8. The Hall–Kier alpha value is -5.22. The SMILES string of the molecule is O=C(O)[C@H]1[C@H](C(=O)O)[C@H]2C[C@@H]1c1c2c(-c2ccccc2)c2c3cccc4ccc5cccc(c2c1-c1ccccc1)c5c43. The Morgan fingerprint density at radius 1 is 0.488 bits per heavy atom. The summed E-state index contributed by atoms with van der Waals surface area (Å²) in [4.78, 5) is 25.6. The zero-order valence-corrected chi connectivity index (χ0v) is 23.1. The molecule has 206 valence electrons. The summed E-state index contributed by atoms with van der Waals surface area (Å²) < 4.78 is 0. The van der Waals surface area contributed by atoms with Crippen LogP contribution in [0, 0.1) is 11.8 Å². The minimum Gasteiger partial charge on any atom is -0.481 e. The summed E-state index contributed by atoms with van der Waals surface area (Å²) in [7, 11) is 0. The Kier molecular flexibility index (Phi) is 4.91. The van der Waals surface area contributed by atoms with Crippen molar-refractivity contribution in [1.29, 1.82) is 0 Å². The zero-order chi connectivity index (χ0) is 29.0. The number of carbonyl (C=O) groups is 2. The fourth-order valence-electron chi connectivity index (χ4n) is 8.79. The summed E-state index contributed by atoms with van der Waals surface area (Å²) in [5.74, 6) is -4.80. The fourth-order valence-corrected chi connectivity index (χ4v) is 8.79. The van der Waals surface area contributed by atoms with Gasteiger partial charge in [-0.2, -0.15) is 0 Å². The third-order valence-corrected chi connectivity index (χ3v) is 10.2. The molecule has 0 radical (unpaired) electrons. The van der Waals surface area contributed by atoms with Gasteiger partial charge in [0.25, 0.3) is 0 Å². The highest BCUT2D eigenvalue weighted by Crippen LogP contribution is 2.66. The number of hydrogen-bond acceptors (Lipinski definition) is 2. The number of fused-ring (bicyclic) bond motifs is 8. The number of carboxylic acid groups (broad SMARTS) is 2. The molecule has 4 atom stereocenters. The van der Waals surface area contributed by atoms with Gasteiger partial charge in [-0.05, 0) is 94.7 Å². The van der Waals surface area contributed by atoms with Crippen LogP contribution in [0.2, 0.25) is 0 Å². The van der Waals surface area contributed by atoms with Gasteiger partial charge in [0, 0.05) is 0 Å². The predicted octanol–water partition coefficient (Wildman–Crippen LogP) is 9.06. The molecule has 0 heterocycles. The van der Waals surface area contributed by atoms with E-state index in [1.54, 1.807) is 0 Å². The van der Waals surface area contributed by atoms with Gasteiger partial charge < -0.3 is 10.2 Å². The predicted molar refractivity (Wildman–Crippen MR) is 171 cm³/mol. The number of aliphatic carboxylic acids is 2. The molecule has 1 fully saturated rings. The Balaban J connectivity index is 1.61. The average Bonchev–Trinajstić information content (AvgIpc) is 3.61. The molecule has 2 bridgehead atoms. The summed E-state index contributed by atoms with van der Waals surface area (Å²) in [5, 5.41) is 30.2. The van der Waals surface area contributed by atoms with Crippen molar-refractivity contribution < 1.29 is 19.8 Å². The molecule has 4 nitrogen and oxygen atoms in total. The standard InChI is InChI=1S/C39H26O4/c40-38(41)36-26-19-27(37(36)39(42)43)35-31(21-11-5-2-6-12-21)33-25-16-8-14-23-18-17-22-13-7-15-24(28(22)29(23)25)32(33)30(34(26)35)20-9-3-1-4-10-20/h1-18,26-27,36-37H,19H2,(H,40,41)(H,42,43)/t26-,27+,36-,37-/m1/s1. The smallest absolute Gasteiger partial charge is 0.308 e. The minimum atomic E-state index is -1.03. The molecule has 0 spiro atoms. The fraction of sp³-hybridized carbons (Fsp3) is 0.128. The van der Waals surface area contributed by atoms with Crippen LogP contribution in [0.15, 0.2) is 109 Å². The number of benzene rings is 7. The monoisotopic (exact) mass is 558 g/mol. The summed E-state index contributed by atoms with van der Waals surface area (Å²) in [6.07, 6.45) is 0.521. The maximum atomic E-state index is 12.8. The molecule has 1 saturated carbocycles. The second kappa shape index (κ2) is 8.65. The average molecular weight is 559 g/mol. The third kappa shape index (κ3) is 3.10. The van der Waals surface area contributed by atoms with E-state index in [1.807, 2.05) is 36.4 Å². The highest BCUT2D eigenvalue weighted by Gasteiger charge is 2.59. The Morgan fingerprint density at radius 3 is 1.30 bits per heavy atom. The largest absolute Gasteiger partial charge is 0.481 e. The molecule has 7 aromatic rings. The first kappa shape index (κ1) is 24.4. The van der Waals surface area contributed by atoms with E-state index in [0.29, 0.717) is 6.42 Å². The van der Waals surface area contributed by atoms with Crippen molar-refractivity contribution in [2.75, 3.05) is 0 Å². The van der Waals surface area contributed by atoms with Crippen LogP contribution in [-0.2, 0) is 9.59 Å². The molecule has 2 aliphatic rings. The van der Waals surface area contributed by atoms with Gasteiger partial charge in [0.15, 0.2) is 0 Å². The van der Waals surface area contributed by atoms with Gasteiger partial charge in [0.2, 0.25) is 0 Å². The molecule has 4 heteroatoms. The van der Waals surface area contributed by atoms with Crippen LogP contribution in [0.1, 0.15) is 29.4 Å². The third-order valence-electron chi connectivity index (χ3n) is 10.2. The second-order valence-electron chi connectivity index (χ2n) is 12.1. The summed E-state index contributed by atoms with van der Waals surface area (Å²) in [6, 6.07) is 37.8. The lowest BCUT2D eigenvalue weighted by Gasteiger charge is -2.33. The Labute approximate surface area is 247 Å². The number of carboxylic acids is 2. The normalized spacial score (nSPS) is 20.8. The van der Waals surface area contributed by atoms with Crippen molar-refractivity contribution in [2.24, 2.45) is 11.8 Å². The summed E-state index contributed by atoms with van der Waals surface area (Å²) >= 11 is 0. The van der Waals surface area contributed by atoms with Crippen LogP contribution in [0.5, 0.6) is 0 Å². The van der Waals surface area contributed by atoms with Gasteiger partial charge in [-0.15, -0.1) is 0 Å². The molecule has 0 aliphatic heterocycles. The zero-order valence-electron chi connectivity index (χ0n) is 23.1. The van der Waals surface area contributed by atoms with Gasteiger partial charge in [-0.3, -0.25) is 9.59 Å². The van der Waals surface area contributed by atoms with Gasteiger partial charge in [-0.25, -0.2) is 0 Å². The topological polar surface area (TPSA) is 74.6 Å². The molecule has 2 aliphatic carbocycles. The molecule has 43 heavy (non-hydrogen) atoms.